The largest absolute Gasteiger partial charge is 0.390 e. The lowest BCUT2D eigenvalue weighted by Gasteiger charge is -2.27. The molecular weight excluding hydrogens is 238 g/mol. The normalized spacial score (nSPS) is 34.5. The summed E-state index contributed by atoms with van der Waals surface area (Å²) in [5.41, 5.74) is 6.35. The quantitative estimate of drug-likeness (QED) is 0.393. The van der Waals surface area contributed by atoms with E-state index >= 15 is 0 Å². The third kappa shape index (κ3) is 1.50. The van der Waals surface area contributed by atoms with Crippen LogP contribution in [0.5, 0.6) is 0 Å². The molecule has 1 aliphatic carbocycles. The van der Waals surface area contributed by atoms with E-state index in [1.807, 2.05) is 0 Å². The topological polar surface area (TPSA) is 128 Å². The molecule has 8 nitrogen and oxygen atoms in total. The maximum absolute atomic E-state index is 9.93. The molecule has 18 heavy (non-hydrogen) atoms. The summed E-state index contributed by atoms with van der Waals surface area (Å²) in [6.07, 6.45) is -1.43. The molecule has 0 radical (unpaired) electrons. The van der Waals surface area contributed by atoms with E-state index in [-0.39, 0.29) is 6.42 Å². The highest BCUT2D eigenvalue weighted by Gasteiger charge is 2.45. The molecule has 2 heterocycles. The van der Waals surface area contributed by atoms with Crippen LogP contribution < -0.4 is 16.0 Å². The number of nitrogens with two attached hydrogens (primary N) is 1. The first kappa shape index (κ1) is 11.5. The van der Waals surface area contributed by atoms with Gasteiger partial charge >= 0.3 is 0 Å². The average Bonchev–Trinajstić information content (AvgIpc) is 2.88. The Kier molecular flexibility index (Phi) is 2.51. The molecule has 3 rings (SSSR count). The number of anilines is 3. The van der Waals surface area contributed by atoms with Crippen molar-refractivity contribution in [3.63, 3.8) is 0 Å². The van der Waals surface area contributed by atoms with Gasteiger partial charge in [-0.3, -0.25) is 0 Å². The highest BCUT2D eigenvalue weighted by atomic mass is 16.4. The minimum atomic E-state index is -1.13. The second-order valence-electron chi connectivity index (χ2n) is 4.61. The van der Waals surface area contributed by atoms with Crippen LogP contribution in [0.4, 0.5) is 17.3 Å². The van der Waals surface area contributed by atoms with Crippen molar-refractivity contribution in [3.8, 4) is 0 Å². The molecule has 0 spiro atoms. The van der Waals surface area contributed by atoms with Crippen molar-refractivity contribution >= 4 is 17.3 Å². The van der Waals surface area contributed by atoms with Crippen LogP contribution in [-0.4, -0.2) is 56.3 Å². The van der Waals surface area contributed by atoms with Gasteiger partial charge in [-0.15, -0.1) is 0 Å². The fraction of sp³-hybridized carbons (Fsp3) is 0.600. The van der Waals surface area contributed by atoms with Gasteiger partial charge in [-0.05, 0) is 6.42 Å². The van der Waals surface area contributed by atoms with Crippen molar-refractivity contribution in [1.82, 2.24) is 9.97 Å². The minimum Gasteiger partial charge on any atom is -0.390 e. The predicted octanol–water partition coefficient (Wildman–Crippen LogP) is -1.90. The Hall–Kier alpha value is -1.64. The van der Waals surface area contributed by atoms with Gasteiger partial charge in [0, 0.05) is 0 Å². The minimum absolute atomic E-state index is 0.285. The summed E-state index contributed by atoms with van der Waals surface area (Å²) >= 11 is 0. The van der Waals surface area contributed by atoms with E-state index in [4.69, 9.17) is 5.73 Å². The summed E-state index contributed by atoms with van der Waals surface area (Å²) in [4.78, 5) is 9.79. The zero-order chi connectivity index (χ0) is 12.9. The second-order valence-corrected chi connectivity index (χ2v) is 4.61. The zero-order valence-electron chi connectivity index (χ0n) is 9.56. The number of aliphatic hydroxyl groups is 3. The Labute approximate surface area is 103 Å². The van der Waals surface area contributed by atoms with E-state index < -0.39 is 24.4 Å². The second kappa shape index (κ2) is 3.94. The highest BCUT2D eigenvalue weighted by molar-refractivity contribution is 5.80. The van der Waals surface area contributed by atoms with Gasteiger partial charge < -0.3 is 31.3 Å². The van der Waals surface area contributed by atoms with Crippen molar-refractivity contribution in [1.29, 1.82) is 0 Å². The van der Waals surface area contributed by atoms with Gasteiger partial charge in [0.25, 0.3) is 0 Å². The molecule has 1 aliphatic heterocycles. The van der Waals surface area contributed by atoms with Gasteiger partial charge in [0.2, 0.25) is 0 Å². The number of nitrogens with one attached hydrogen (secondary N) is 1. The molecule has 0 aromatic carbocycles. The molecule has 1 fully saturated rings. The van der Waals surface area contributed by atoms with Crippen molar-refractivity contribution in [2.75, 3.05) is 22.6 Å². The molecular formula is C10H15N5O3. The van der Waals surface area contributed by atoms with Crippen molar-refractivity contribution < 1.29 is 15.3 Å². The van der Waals surface area contributed by atoms with Crippen LogP contribution in [0.1, 0.15) is 6.42 Å². The molecule has 0 bridgehead atoms. The lowest BCUT2D eigenvalue weighted by atomic mass is 10.2. The van der Waals surface area contributed by atoms with Gasteiger partial charge in [-0.2, -0.15) is 0 Å². The van der Waals surface area contributed by atoms with Crippen LogP contribution >= 0.6 is 0 Å². The molecule has 1 aromatic rings. The van der Waals surface area contributed by atoms with Gasteiger partial charge in [0.05, 0.1) is 18.8 Å². The van der Waals surface area contributed by atoms with Crippen LogP contribution in [0.15, 0.2) is 6.33 Å². The van der Waals surface area contributed by atoms with Crippen LogP contribution in [0.3, 0.4) is 0 Å². The van der Waals surface area contributed by atoms with E-state index in [2.05, 4.69) is 15.3 Å². The Morgan fingerprint density at radius 3 is 2.72 bits per heavy atom. The third-order valence-electron chi connectivity index (χ3n) is 3.58. The summed E-state index contributed by atoms with van der Waals surface area (Å²) in [6.45, 7) is 0.416. The molecule has 6 N–H and O–H groups in total. The molecule has 98 valence electrons. The number of nitrogens with zero attached hydrogens (tertiary/aromatic N) is 3. The highest BCUT2D eigenvalue weighted by Crippen LogP contribution is 2.37. The maximum atomic E-state index is 9.93. The Morgan fingerprint density at radius 2 is 2.06 bits per heavy atom. The number of rotatable bonds is 1. The lowest BCUT2D eigenvalue weighted by molar-refractivity contribution is -0.0208. The van der Waals surface area contributed by atoms with Crippen LogP contribution in [0.2, 0.25) is 0 Å². The molecule has 8 heteroatoms. The SMILES string of the molecule is Nc1ncnc2c1NCN2[C@H]1C[C@@H](O)[C@H](O)[C@@H]1O. The molecule has 4 atom stereocenters. The Bertz CT molecular complexity index is 471. The van der Waals surface area contributed by atoms with E-state index in [1.54, 1.807) is 4.90 Å². The first-order valence-electron chi connectivity index (χ1n) is 5.74. The fourth-order valence-corrected chi connectivity index (χ4v) is 2.58. The maximum Gasteiger partial charge on any atom is 0.159 e. The Balaban J connectivity index is 1.91. The zero-order valence-corrected chi connectivity index (χ0v) is 9.56. The van der Waals surface area contributed by atoms with E-state index in [1.165, 1.54) is 6.33 Å². The number of nitrogen functional groups attached to an aromatic ring is 1. The summed E-state index contributed by atoms with van der Waals surface area (Å²) < 4.78 is 0. The summed E-state index contributed by atoms with van der Waals surface area (Å²) in [5.74, 6) is 0.934. The van der Waals surface area contributed by atoms with Crippen molar-refractivity contribution in [2.24, 2.45) is 0 Å². The number of fused-ring (bicyclic) bond motifs is 1. The number of aromatic nitrogens is 2. The number of aliphatic hydroxyl groups excluding tert-OH is 3. The summed E-state index contributed by atoms with van der Waals surface area (Å²) in [7, 11) is 0. The molecule has 0 saturated heterocycles. The molecule has 2 aliphatic rings. The smallest absolute Gasteiger partial charge is 0.159 e. The predicted molar refractivity (Wildman–Crippen MR) is 63.8 cm³/mol. The van der Waals surface area contributed by atoms with Crippen LogP contribution in [0, 0.1) is 0 Å². The van der Waals surface area contributed by atoms with Crippen LogP contribution in [0.25, 0.3) is 0 Å². The molecule has 0 unspecified atom stereocenters. The number of hydrogen-bond donors (Lipinski definition) is 5. The van der Waals surface area contributed by atoms with Crippen molar-refractivity contribution in [3.05, 3.63) is 6.33 Å². The summed E-state index contributed by atoms with van der Waals surface area (Å²) in [6, 6.07) is -0.391. The first-order valence-corrected chi connectivity index (χ1v) is 5.74. The van der Waals surface area contributed by atoms with Gasteiger partial charge in [0.1, 0.15) is 24.2 Å². The van der Waals surface area contributed by atoms with Crippen LogP contribution in [-0.2, 0) is 0 Å². The molecule has 1 saturated carbocycles. The summed E-state index contributed by atoms with van der Waals surface area (Å²) in [5, 5.41) is 32.2. The third-order valence-corrected chi connectivity index (χ3v) is 3.58. The Morgan fingerprint density at radius 1 is 1.28 bits per heavy atom. The van der Waals surface area contributed by atoms with Crippen molar-refractivity contribution in [2.45, 2.75) is 30.8 Å². The molecule has 1 aromatic heterocycles. The van der Waals surface area contributed by atoms with E-state index in [0.717, 1.165) is 0 Å². The van der Waals surface area contributed by atoms with E-state index in [0.29, 0.717) is 24.0 Å². The van der Waals surface area contributed by atoms with Gasteiger partial charge in [0.15, 0.2) is 11.6 Å². The fourth-order valence-electron chi connectivity index (χ4n) is 2.58. The average molecular weight is 253 g/mol. The lowest BCUT2D eigenvalue weighted by Crippen LogP contribution is -2.43. The molecule has 0 amide bonds. The monoisotopic (exact) mass is 253 g/mol. The van der Waals surface area contributed by atoms with Gasteiger partial charge in [-0.1, -0.05) is 0 Å². The van der Waals surface area contributed by atoms with E-state index in [9.17, 15) is 15.3 Å². The first-order chi connectivity index (χ1) is 8.59. The number of hydrogen-bond acceptors (Lipinski definition) is 8. The van der Waals surface area contributed by atoms with Gasteiger partial charge in [-0.25, -0.2) is 9.97 Å². The standard InChI is InChI=1S/C10H15N5O3/c11-9-6-10(13-2-12-9)15(3-14-6)4-1-5(16)8(18)7(4)17/h2,4-5,7-8,14,16-18H,1,3H2,(H2,11,12,13)/t4-,5+,7+,8-/m0/s1.